The number of aryl methyl sites for hydroxylation is 1. The standard InChI is InChI=1S/C13H21N3O2/c1-4-18-8-10(3)15-13(17)11-7-9(2)5-6-12(11)16-14/h5-7,10,16H,4,8,14H2,1-3H3,(H,15,17). The number of carbonyl (C=O) groups excluding carboxylic acids is 1. The highest BCUT2D eigenvalue weighted by molar-refractivity contribution is 5.99. The highest BCUT2D eigenvalue weighted by atomic mass is 16.5. The fourth-order valence-electron chi connectivity index (χ4n) is 1.61. The molecule has 1 aromatic carbocycles. The van der Waals surface area contributed by atoms with Gasteiger partial charge in [-0.05, 0) is 32.9 Å². The molecule has 0 radical (unpaired) electrons. The summed E-state index contributed by atoms with van der Waals surface area (Å²) in [6.45, 7) is 6.89. The molecule has 0 saturated carbocycles. The number of anilines is 1. The second kappa shape index (κ2) is 6.98. The topological polar surface area (TPSA) is 76.4 Å². The van der Waals surface area contributed by atoms with E-state index in [0.717, 1.165) is 5.56 Å². The van der Waals surface area contributed by atoms with Gasteiger partial charge in [-0.1, -0.05) is 11.6 Å². The first-order valence-corrected chi connectivity index (χ1v) is 6.04. The summed E-state index contributed by atoms with van der Waals surface area (Å²) >= 11 is 0. The van der Waals surface area contributed by atoms with Gasteiger partial charge in [-0.25, -0.2) is 0 Å². The number of nitrogens with one attached hydrogen (secondary N) is 2. The lowest BCUT2D eigenvalue weighted by Gasteiger charge is -2.15. The van der Waals surface area contributed by atoms with Gasteiger partial charge in [0.25, 0.3) is 5.91 Å². The van der Waals surface area contributed by atoms with E-state index in [9.17, 15) is 4.79 Å². The maximum absolute atomic E-state index is 12.1. The molecule has 5 nitrogen and oxygen atoms in total. The molecule has 1 unspecified atom stereocenters. The van der Waals surface area contributed by atoms with Gasteiger partial charge in [0, 0.05) is 12.6 Å². The molecule has 1 rings (SSSR count). The lowest BCUT2D eigenvalue weighted by atomic mass is 10.1. The molecule has 0 bridgehead atoms. The quantitative estimate of drug-likeness (QED) is 0.528. The van der Waals surface area contributed by atoms with Gasteiger partial charge in [-0.2, -0.15) is 0 Å². The Balaban J connectivity index is 2.74. The predicted molar refractivity (Wildman–Crippen MR) is 72.4 cm³/mol. The van der Waals surface area contributed by atoms with Gasteiger partial charge in [-0.15, -0.1) is 0 Å². The number of hydrogen-bond acceptors (Lipinski definition) is 4. The second-order valence-corrected chi connectivity index (χ2v) is 4.23. The van der Waals surface area contributed by atoms with Gasteiger partial charge in [-0.3, -0.25) is 10.6 Å². The van der Waals surface area contributed by atoms with E-state index in [0.29, 0.717) is 24.5 Å². The van der Waals surface area contributed by atoms with Crippen LogP contribution in [0.15, 0.2) is 18.2 Å². The van der Waals surface area contributed by atoms with Crippen molar-refractivity contribution in [2.24, 2.45) is 5.84 Å². The number of ether oxygens (including phenoxy) is 1. The molecule has 0 saturated heterocycles. The molecule has 1 atom stereocenters. The predicted octanol–water partition coefficient (Wildman–Crippen LogP) is 1.44. The van der Waals surface area contributed by atoms with Crippen molar-refractivity contribution in [1.29, 1.82) is 0 Å². The average molecular weight is 251 g/mol. The summed E-state index contributed by atoms with van der Waals surface area (Å²) < 4.78 is 5.26. The van der Waals surface area contributed by atoms with Gasteiger partial charge in [0.1, 0.15) is 0 Å². The Morgan fingerprint density at radius 3 is 2.83 bits per heavy atom. The zero-order chi connectivity index (χ0) is 13.5. The molecule has 0 aromatic heterocycles. The minimum Gasteiger partial charge on any atom is -0.380 e. The summed E-state index contributed by atoms with van der Waals surface area (Å²) in [6.07, 6.45) is 0. The van der Waals surface area contributed by atoms with Crippen molar-refractivity contribution in [2.45, 2.75) is 26.8 Å². The van der Waals surface area contributed by atoms with Crippen molar-refractivity contribution in [3.63, 3.8) is 0 Å². The summed E-state index contributed by atoms with van der Waals surface area (Å²) in [4.78, 5) is 12.1. The number of carbonyl (C=O) groups is 1. The minimum atomic E-state index is -0.154. The van der Waals surface area contributed by atoms with Gasteiger partial charge in [0.15, 0.2) is 0 Å². The fourth-order valence-corrected chi connectivity index (χ4v) is 1.61. The van der Waals surface area contributed by atoms with Crippen molar-refractivity contribution in [1.82, 2.24) is 5.32 Å². The molecule has 0 aliphatic heterocycles. The highest BCUT2D eigenvalue weighted by Crippen LogP contribution is 2.16. The maximum atomic E-state index is 12.1. The Hall–Kier alpha value is -1.59. The molecule has 0 aliphatic rings. The smallest absolute Gasteiger partial charge is 0.253 e. The van der Waals surface area contributed by atoms with Crippen LogP contribution >= 0.6 is 0 Å². The molecule has 0 fully saturated rings. The lowest BCUT2D eigenvalue weighted by Crippen LogP contribution is -2.36. The average Bonchev–Trinajstić information content (AvgIpc) is 2.36. The molecular weight excluding hydrogens is 230 g/mol. The number of nitrogens with two attached hydrogens (primary N) is 1. The third-order valence-electron chi connectivity index (χ3n) is 2.52. The van der Waals surface area contributed by atoms with Crippen molar-refractivity contribution < 1.29 is 9.53 Å². The van der Waals surface area contributed by atoms with Crippen molar-refractivity contribution in [2.75, 3.05) is 18.6 Å². The van der Waals surface area contributed by atoms with Crippen molar-refractivity contribution in [3.05, 3.63) is 29.3 Å². The Morgan fingerprint density at radius 2 is 2.22 bits per heavy atom. The van der Waals surface area contributed by atoms with E-state index in [2.05, 4.69) is 10.7 Å². The zero-order valence-electron chi connectivity index (χ0n) is 11.1. The zero-order valence-corrected chi connectivity index (χ0v) is 11.1. The molecule has 0 heterocycles. The van der Waals surface area contributed by atoms with Gasteiger partial charge < -0.3 is 15.5 Å². The van der Waals surface area contributed by atoms with E-state index in [1.54, 1.807) is 12.1 Å². The number of hydrogen-bond donors (Lipinski definition) is 3. The van der Waals surface area contributed by atoms with Crippen LogP contribution in [0.5, 0.6) is 0 Å². The van der Waals surface area contributed by atoms with Crippen LogP contribution in [0.3, 0.4) is 0 Å². The van der Waals surface area contributed by atoms with E-state index in [-0.39, 0.29) is 11.9 Å². The molecule has 0 aliphatic carbocycles. The number of amides is 1. The molecule has 0 spiro atoms. The Morgan fingerprint density at radius 1 is 1.50 bits per heavy atom. The molecule has 100 valence electrons. The molecular formula is C13H21N3O2. The highest BCUT2D eigenvalue weighted by Gasteiger charge is 2.13. The SMILES string of the molecule is CCOCC(C)NC(=O)c1cc(C)ccc1NN. The normalized spacial score (nSPS) is 12.0. The molecule has 18 heavy (non-hydrogen) atoms. The molecule has 1 aromatic rings. The fraction of sp³-hybridized carbons (Fsp3) is 0.462. The lowest BCUT2D eigenvalue weighted by molar-refractivity contribution is 0.0872. The molecule has 1 amide bonds. The monoisotopic (exact) mass is 251 g/mol. The summed E-state index contributed by atoms with van der Waals surface area (Å²) in [6, 6.07) is 5.45. The Kier molecular flexibility index (Phi) is 5.61. The Bertz CT molecular complexity index is 407. The number of nitrogen functional groups attached to an aromatic ring is 1. The largest absolute Gasteiger partial charge is 0.380 e. The summed E-state index contributed by atoms with van der Waals surface area (Å²) in [5.74, 6) is 5.24. The number of hydrazine groups is 1. The third-order valence-corrected chi connectivity index (χ3v) is 2.52. The molecule has 5 heteroatoms. The van der Waals surface area contributed by atoms with Gasteiger partial charge in [0.2, 0.25) is 0 Å². The van der Waals surface area contributed by atoms with E-state index in [1.807, 2.05) is 26.8 Å². The number of rotatable bonds is 6. The third kappa shape index (κ3) is 4.01. The number of benzene rings is 1. The van der Waals surface area contributed by atoms with E-state index in [4.69, 9.17) is 10.6 Å². The van der Waals surface area contributed by atoms with Crippen LogP contribution in [-0.4, -0.2) is 25.2 Å². The summed E-state index contributed by atoms with van der Waals surface area (Å²) in [5.41, 5.74) is 4.69. The van der Waals surface area contributed by atoms with Crippen molar-refractivity contribution in [3.8, 4) is 0 Å². The minimum absolute atomic E-state index is 0.0383. The summed E-state index contributed by atoms with van der Waals surface area (Å²) in [7, 11) is 0. The second-order valence-electron chi connectivity index (χ2n) is 4.23. The Labute approximate surface area is 108 Å². The van der Waals surface area contributed by atoms with E-state index in [1.165, 1.54) is 0 Å². The summed E-state index contributed by atoms with van der Waals surface area (Å²) in [5, 5.41) is 2.87. The van der Waals surface area contributed by atoms with Crippen LogP contribution in [-0.2, 0) is 4.74 Å². The van der Waals surface area contributed by atoms with Crippen LogP contribution in [0.25, 0.3) is 0 Å². The van der Waals surface area contributed by atoms with Gasteiger partial charge in [0.05, 0.1) is 17.9 Å². The first-order valence-electron chi connectivity index (χ1n) is 6.04. The van der Waals surface area contributed by atoms with Crippen LogP contribution in [0.4, 0.5) is 5.69 Å². The van der Waals surface area contributed by atoms with Gasteiger partial charge >= 0.3 is 0 Å². The van der Waals surface area contributed by atoms with Crippen LogP contribution in [0.1, 0.15) is 29.8 Å². The van der Waals surface area contributed by atoms with E-state index < -0.39 is 0 Å². The van der Waals surface area contributed by atoms with Crippen LogP contribution in [0, 0.1) is 6.92 Å². The van der Waals surface area contributed by atoms with Crippen LogP contribution in [0.2, 0.25) is 0 Å². The first kappa shape index (κ1) is 14.5. The van der Waals surface area contributed by atoms with Crippen LogP contribution < -0.4 is 16.6 Å². The first-order chi connectivity index (χ1) is 8.58. The molecule has 4 N–H and O–H groups in total. The maximum Gasteiger partial charge on any atom is 0.253 e. The van der Waals surface area contributed by atoms with E-state index >= 15 is 0 Å². The van der Waals surface area contributed by atoms with Crippen molar-refractivity contribution >= 4 is 11.6 Å².